The van der Waals surface area contributed by atoms with E-state index in [9.17, 15) is 9.59 Å². The van der Waals surface area contributed by atoms with Gasteiger partial charge in [-0.1, -0.05) is 116 Å². The monoisotopic (exact) mass is 440 g/mol. The fraction of sp³-hybridized carbons (Fsp3) is 0.926. The van der Waals surface area contributed by atoms with Crippen LogP contribution in [0.15, 0.2) is 0 Å². The second-order valence-electron chi connectivity index (χ2n) is 9.19. The summed E-state index contributed by atoms with van der Waals surface area (Å²) in [5.74, 6) is 0.518. The van der Waals surface area contributed by atoms with E-state index in [0.717, 1.165) is 31.6 Å². The molecule has 0 aliphatic rings. The van der Waals surface area contributed by atoms with E-state index in [-0.39, 0.29) is 11.9 Å². The maximum absolute atomic E-state index is 11.3. The molecule has 4 nitrogen and oxygen atoms in total. The van der Waals surface area contributed by atoms with E-state index in [4.69, 9.17) is 9.47 Å². The summed E-state index contributed by atoms with van der Waals surface area (Å²) >= 11 is 0. The van der Waals surface area contributed by atoms with Crippen molar-refractivity contribution in [1.82, 2.24) is 0 Å². The molecule has 0 atom stereocenters. The molecule has 0 saturated heterocycles. The van der Waals surface area contributed by atoms with Gasteiger partial charge in [-0.15, -0.1) is 0 Å². The van der Waals surface area contributed by atoms with Crippen molar-refractivity contribution in [1.29, 1.82) is 0 Å². The van der Waals surface area contributed by atoms with Crippen molar-refractivity contribution < 1.29 is 19.1 Å². The summed E-state index contributed by atoms with van der Waals surface area (Å²) < 4.78 is 9.47. The molecule has 0 aromatic carbocycles. The number of rotatable bonds is 23. The molecule has 0 fully saturated rings. The normalized spacial score (nSPS) is 11.1. The first-order chi connectivity index (χ1) is 15.1. The first-order valence-corrected chi connectivity index (χ1v) is 13.3. The summed E-state index contributed by atoms with van der Waals surface area (Å²) in [5, 5.41) is 0. The van der Waals surface area contributed by atoms with Gasteiger partial charge in [-0.05, 0) is 18.8 Å². The van der Waals surface area contributed by atoms with E-state index < -0.39 is 0 Å². The molecule has 0 radical (unpaired) electrons. The van der Waals surface area contributed by atoms with Gasteiger partial charge in [0, 0.05) is 12.8 Å². The Labute approximate surface area is 193 Å². The predicted molar refractivity (Wildman–Crippen MR) is 130 cm³/mol. The second-order valence-corrected chi connectivity index (χ2v) is 9.19. The van der Waals surface area contributed by atoms with Crippen LogP contribution in [0.5, 0.6) is 0 Å². The van der Waals surface area contributed by atoms with Crippen LogP contribution in [0, 0.1) is 5.92 Å². The SMILES string of the molecule is CCCCCCCCCCCCCCC(CCCCC(=O)OC)CCCCC(=O)OC. The third kappa shape index (κ3) is 21.9. The topological polar surface area (TPSA) is 52.6 Å². The smallest absolute Gasteiger partial charge is 0.305 e. The number of carbonyl (C=O) groups excluding carboxylic acids is 2. The van der Waals surface area contributed by atoms with Crippen molar-refractivity contribution in [3.63, 3.8) is 0 Å². The van der Waals surface area contributed by atoms with Gasteiger partial charge in [0.2, 0.25) is 0 Å². The van der Waals surface area contributed by atoms with Gasteiger partial charge in [0.1, 0.15) is 0 Å². The van der Waals surface area contributed by atoms with E-state index >= 15 is 0 Å². The van der Waals surface area contributed by atoms with Crippen LogP contribution in [0.1, 0.15) is 142 Å². The maximum atomic E-state index is 11.3. The van der Waals surface area contributed by atoms with Crippen LogP contribution in [-0.4, -0.2) is 26.2 Å². The predicted octanol–water partition coefficient (Wildman–Crippen LogP) is 8.16. The van der Waals surface area contributed by atoms with Crippen LogP contribution in [0.3, 0.4) is 0 Å². The molecule has 0 unspecified atom stereocenters. The average Bonchev–Trinajstić information content (AvgIpc) is 2.78. The summed E-state index contributed by atoms with van der Waals surface area (Å²) in [5.41, 5.74) is 0. The fourth-order valence-corrected chi connectivity index (χ4v) is 4.32. The van der Waals surface area contributed by atoms with Crippen molar-refractivity contribution >= 4 is 11.9 Å². The molecule has 0 heterocycles. The number of carbonyl (C=O) groups is 2. The van der Waals surface area contributed by atoms with Gasteiger partial charge in [0.25, 0.3) is 0 Å². The molecule has 0 rings (SSSR count). The molecule has 4 heteroatoms. The number of hydrogen-bond donors (Lipinski definition) is 0. The van der Waals surface area contributed by atoms with E-state index in [1.54, 1.807) is 0 Å². The molecular formula is C27H52O4. The van der Waals surface area contributed by atoms with Crippen molar-refractivity contribution in [3.8, 4) is 0 Å². The highest BCUT2D eigenvalue weighted by molar-refractivity contribution is 5.69. The summed E-state index contributed by atoms with van der Waals surface area (Å²) in [6.45, 7) is 2.28. The Kier molecular flexibility index (Phi) is 22.8. The quantitative estimate of drug-likeness (QED) is 0.119. The van der Waals surface area contributed by atoms with Crippen LogP contribution in [0.4, 0.5) is 0 Å². The van der Waals surface area contributed by atoms with Gasteiger partial charge in [-0.2, -0.15) is 0 Å². The minimum atomic E-state index is -0.101. The lowest BCUT2D eigenvalue weighted by Gasteiger charge is -2.17. The van der Waals surface area contributed by atoms with E-state index in [1.165, 1.54) is 111 Å². The lowest BCUT2D eigenvalue weighted by molar-refractivity contribution is -0.141. The van der Waals surface area contributed by atoms with Gasteiger partial charge in [0.15, 0.2) is 0 Å². The molecular weight excluding hydrogens is 388 g/mol. The van der Waals surface area contributed by atoms with Crippen LogP contribution in [0.2, 0.25) is 0 Å². The van der Waals surface area contributed by atoms with Gasteiger partial charge in [-0.3, -0.25) is 9.59 Å². The van der Waals surface area contributed by atoms with Gasteiger partial charge < -0.3 is 9.47 Å². The largest absolute Gasteiger partial charge is 0.469 e. The van der Waals surface area contributed by atoms with E-state index in [2.05, 4.69) is 6.92 Å². The fourth-order valence-electron chi connectivity index (χ4n) is 4.32. The molecule has 0 N–H and O–H groups in total. The van der Waals surface area contributed by atoms with Crippen LogP contribution >= 0.6 is 0 Å². The molecule has 0 spiro atoms. The molecule has 0 saturated carbocycles. The molecule has 0 aromatic rings. The van der Waals surface area contributed by atoms with Gasteiger partial charge in [-0.25, -0.2) is 0 Å². The third-order valence-corrected chi connectivity index (χ3v) is 6.41. The Morgan fingerprint density at radius 2 is 0.839 bits per heavy atom. The number of methoxy groups -OCH3 is 2. The van der Waals surface area contributed by atoms with Crippen molar-refractivity contribution in [3.05, 3.63) is 0 Å². The lowest BCUT2D eigenvalue weighted by Crippen LogP contribution is -2.05. The Morgan fingerprint density at radius 1 is 0.516 bits per heavy atom. The first-order valence-electron chi connectivity index (χ1n) is 13.3. The molecule has 0 amide bonds. The van der Waals surface area contributed by atoms with Crippen LogP contribution in [0.25, 0.3) is 0 Å². The molecule has 0 bridgehead atoms. The zero-order chi connectivity index (χ0) is 23.0. The molecule has 0 aliphatic heterocycles. The van der Waals surface area contributed by atoms with Crippen LogP contribution in [-0.2, 0) is 19.1 Å². The Hall–Kier alpha value is -1.06. The average molecular weight is 441 g/mol. The van der Waals surface area contributed by atoms with Crippen LogP contribution < -0.4 is 0 Å². The highest BCUT2D eigenvalue weighted by atomic mass is 16.5. The summed E-state index contributed by atoms with van der Waals surface area (Å²) in [6.07, 6.45) is 25.4. The molecule has 0 aliphatic carbocycles. The lowest BCUT2D eigenvalue weighted by atomic mass is 9.90. The zero-order valence-electron chi connectivity index (χ0n) is 21.1. The van der Waals surface area contributed by atoms with E-state index in [1.807, 2.05) is 0 Å². The highest BCUT2D eigenvalue weighted by Gasteiger charge is 2.10. The summed E-state index contributed by atoms with van der Waals surface area (Å²) in [4.78, 5) is 22.6. The Morgan fingerprint density at radius 3 is 1.19 bits per heavy atom. The summed E-state index contributed by atoms with van der Waals surface area (Å²) in [6, 6.07) is 0. The number of unbranched alkanes of at least 4 members (excludes halogenated alkanes) is 13. The standard InChI is InChI=1S/C27H52O4/c1-4-5-6-7-8-9-10-11-12-13-14-15-20-25(21-16-18-23-26(28)30-2)22-17-19-24-27(29)31-3/h25H,4-24H2,1-3H3. The minimum Gasteiger partial charge on any atom is -0.469 e. The van der Waals surface area contributed by atoms with Gasteiger partial charge >= 0.3 is 11.9 Å². The molecule has 0 aromatic heterocycles. The zero-order valence-corrected chi connectivity index (χ0v) is 21.1. The first kappa shape index (κ1) is 29.9. The van der Waals surface area contributed by atoms with Crippen molar-refractivity contribution in [2.24, 2.45) is 5.92 Å². The highest BCUT2D eigenvalue weighted by Crippen LogP contribution is 2.24. The van der Waals surface area contributed by atoms with Crippen molar-refractivity contribution in [2.45, 2.75) is 142 Å². The Bertz CT molecular complexity index is 384. The third-order valence-electron chi connectivity index (χ3n) is 6.41. The Balaban J connectivity index is 3.83. The second kappa shape index (κ2) is 23.6. The number of hydrogen-bond acceptors (Lipinski definition) is 4. The number of ether oxygens (including phenoxy) is 2. The van der Waals surface area contributed by atoms with Gasteiger partial charge in [0.05, 0.1) is 14.2 Å². The van der Waals surface area contributed by atoms with E-state index in [0.29, 0.717) is 12.8 Å². The number of esters is 2. The maximum Gasteiger partial charge on any atom is 0.305 e. The molecule has 184 valence electrons. The minimum absolute atomic E-state index is 0.101. The van der Waals surface area contributed by atoms with Crippen molar-refractivity contribution in [2.75, 3.05) is 14.2 Å². The summed E-state index contributed by atoms with van der Waals surface area (Å²) in [7, 11) is 2.92. The molecule has 31 heavy (non-hydrogen) atoms.